The number of aliphatic carboxylic acids is 1. The summed E-state index contributed by atoms with van der Waals surface area (Å²) in [6.07, 6.45) is 0.421. The second-order valence-corrected chi connectivity index (χ2v) is 5.54. The van der Waals surface area contributed by atoms with Crippen molar-refractivity contribution >= 4 is 11.9 Å². The van der Waals surface area contributed by atoms with E-state index in [1.165, 1.54) is 0 Å². The summed E-state index contributed by atoms with van der Waals surface area (Å²) in [6, 6.07) is 0. The fraction of sp³-hybridized carbons (Fsp3) is 0.857. The van der Waals surface area contributed by atoms with E-state index >= 15 is 0 Å². The topological polar surface area (TPSA) is 79.3 Å². The maximum absolute atomic E-state index is 12.4. The van der Waals surface area contributed by atoms with Gasteiger partial charge in [-0.1, -0.05) is 0 Å². The second kappa shape index (κ2) is 7.72. The third kappa shape index (κ3) is 4.39. The van der Waals surface area contributed by atoms with Gasteiger partial charge >= 0.3 is 5.97 Å². The van der Waals surface area contributed by atoms with Gasteiger partial charge in [-0.3, -0.25) is 9.69 Å². The molecule has 0 spiro atoms. The molecule has 0 aromatic rings. The number of amides is 1. The molecule has 0 aromatic carbocycles. The molecule has 0 unspecified atom stereocenters. The number of methoxy groups -OCH3 is 1. The van der Waals surface area contributed by atoms with E-state index in [0.29, 0.717) is 32.5 Å². The predicted molar refractivity (Wildman–Crippen MR) is 75.0 cm³/mol. The molecular formula is C14H24N2O5. The van der Waals surface area contributed by atoms with E-state index in [1.807, 2.05) is 4.90 Å². The minimum atomic E-state index is -0.980. The Labute approximate surface area is 124 Å². The molecule has 2 heterocycles. The van der Waals surface area contributed by atoms with E-state index in [0.717, 1.165) is 26.1 Å². The standard InChI is InChI=1S/C14H24N2O5/c1-20-10-9-15-5-2-6-16(8-7-15)13(17)11-3-4-12(21-11)14(18)19/h11-12H,2-10H2,1H3,(H,18,19)/t11-,12+/m0/s1. The number of nitrogens with zero attached hydrogens (tertiary/aromatic N) is 2. The van der Waals surface area contributed by atoms with Gasteiger partial charge in [0.2, 0.25) is 0 Å². The van der Waals surface area contributed by atoms with Gasteiger partial charge in [-0.05, 0) is 25.8 Å². The van der Waals surface area contributed by atoms with Crippen molar-refractivity contribution in [2.24, 2.45) is 0 Å². The number of hydrogen-bond donors (Lipinski definition) is 1. The maximum Gasteiger partial charge on any atom is 0.332 e. The Balaban J connectivity index is 1.82. The van der Waals surface area contributed by atoms with Gasteiger partial charge in [0.05, 0.1) is 6.61 Å². The molecule has 0 aliphatic carbocycles. The molecule has 21 heavy (non-hydrogen) atoms. The van der Waals surface area contributed by atoms with Crippen molar-refractivity contribution in [3.8, 4) is 0 Å². The maximum atomic E-state index is 12.4. The van der Waals surface area contributed by atoms with Gasteiger partial charge in [-0.2, -0.15) is 0 Å². The summed E-state index contributed by atoms with van der Waals surface area (Å²) < 4.78 is 10.4. The first-order valence-corrected chi connectivity index (χ1v) is 7.50. The number of hydrogen-bond acceptors (Lipinski definition) is 5. The number of carboxylic acid groups (broad SMARTS) is 1. The van der Waals surface area contributed by atoms with Gasteiger partial charge in [0.15, 0.2) is 6.10 Å². The minimum absolute atomic E-state index is 0.0626. The summed E-state index contributed by atoms with van der Waals surface area (Å²) >= 11 is 0. The number of carbonyl (C=O) groups excluding carboxylic acids is 1. The third-order valence-electron chi connectivity index (χ3n) is 4.08. The first-order valence-electron chi connectivity index (χ1n) is 7.50. The Bertz CT molecular complexity index is 376. The van der Waals surface area contributed by atoms with Crippen molar-refractivity contribution in [3.05, 3.63) is 0 Å². The fourth-order valence-corrected chi connectivity index (χ4v) is 2.84. The molecule has 2 rings (SSSR count). The second-order valence-electron chi connectivity index (χ2n) is 5.54. The van der Waals surface area contributed by atoms with Crippen LogP contribution in [0.25, 0.3) is 0 Å². The molecule has 2 saturated heterocycles. The van der Waals surface area contributed by atoms with Gasteiger partial charge in [-0.15, -0.1) is 0 Å². The highest BCUT2D eigenvalue weighted by Gasteiger charge is 2.37. The van der Waals surface area contributed by atoms with Crippen molar-refractivity contribution in [2.75, 3.05) is 46.4 Å². The Hall–Kier alpha value is -1.18. The zero-order valence-electron chi connectivity index (χ0n) is 12.5. The molecule has 1 amide bonds. The van der Waals surface area contributed by atoms with E-state index in [2.05, 4.69) is 4.90 Å². The lowest BCUT2D eigenvalue weighted by Crippen LogP contribution is -2.42. The molecule has 2 aliphatic heterocycles. The Morgan fingerprint density at radius 1 is 1.19 bits per heavy atom. The van der Waals surface area contributed by atoms with E-state index < -0.39 is 18.2 Å². The summed E-state index contributed by atoms with van der Waals surface area (Å²) in [4.78, 5) is 27.4. The quantitative estimate of drug-likeness (QED) is 0.757. The fourth-order valence-electron chi connectivity index (χ4n) is 2.84. The average molecular weight is 300 g/mol. The highest BCUT2D eigenvalue weighted by Crippen LogP contribution is 2.22. The third-order valence-corrected chi connectivity index (χ3v) is 4.08. The molecule has 2 fully saturated rings. The molecule has 2 atom stereocenters. The SMILES string of the molecule is COCCN1CCCN(C(=O)[C@@H]2CC[C@H](C(=O)O)O2)CC1. The molecule has 0 bridgehead atoms. The highest BCUT2D eigenvalue weighted by atomic mass is 16.5. The molecule has 120 valence electrons. The predicted octanol–water partition coefficient (Wildman–Crippen LogP) is -0.201. The molecule has 7 nitrogen and oxygen atoms in total. The van der Waals surface area contributed by atoms with Crippen LogP contribution in [0.15, 0.2) is 0 Å². The smallest absolute Gasteiger partial charge is 0.332 e. The van der Waals surface area contributed by atoms with Gasteiger partial charge in [0.1, 0.15) is 6.10 Å². The Morgan fingerprint density at radius 3 is 2.62 bits per heavy atom. The molecule has 1 N–H and O–H groups in total. The van der Waals surface area contributed by atoms with Crippen molar-refractivity contribution in [1.82, 2.24) is 9.80 Å². The Kier molecular flexibility index (Phi) is 5.96. The first kappa shape index (κ1) is 16.2. The summed E-state index contributed by atoms with van der Waals surface area (Å²) in [7, 11) is 1.68. The molecular weight excluding hydrogens is 276 g/mol. The van der Waals surface area contributed by atoms with Crippen LogP contribution in [0.1, 0.15) is 19.3 Å². The zero-order chi connectivity index (χ0) is 15.2. The first-order chi connectivity index (χ1) is 10.1. The summed E-state index contributed by atoms with van der Waals surface area (Å²) in [6.45, 7) is 4.72. The van der Waals surface area contributed by atoms with Crippen LogP contribution in [-0.2, 0) is 19.1 Å². The summed E-state index contributed by atoms with van der Waals surface area (Å²) in [5, 5.41) is 8.92. The molecule has 0 aromatic heterocycles. The van der Waals surface area contributed by atoms with Crippen molar-refractivity contribution in [3.63, 3.8) is 0 Å². The largest absolute Gasteiger partial charge is 0.479 e. The number of rotatable bonds is 5. The number of carbonyl (C=O) groups is 2. The highest BCUT2D eigenvalue weighted by molar-refractivity contribution is 5.82. The van der Waals surface area contributed by atoms with Crippen LogP contribution in [0, 0.1) is 0 Å². The lowest BCUT2D eigenvalue weighted by molar-refractivity contribution is -0.154. The van der Waals surface area contributed by atoms with E-state index in [1.54, 1.807) is 7.11 Å². The van der Waals surface area contributed by atoms with Crippen molar-refractivity contribution < 1.29 is 24.2 Å². The monoisotopic (exact) mass is 300 g/mol. The lowest BCUT2D eigenvalue weighted by atomic mass is 10.2. The van der Waals surface area contributed by atoms with E-state index in [-0.39, 0.29) is 5.91 Å². The zero-order valence-corrected chi connectivity index (χ0v) is 12.5. The van der Waals surface area contributed by atoms with Crippen molar-refractivity contribution in [2.45, 2.75) is 31.5 Å². The van der Waals surface area contributed by atoms with Gasteiger partial charge < -0.3 is 19.5 Å². The van der Waals surface area contributed by atoms with Crippen LogP contribution in [-0.4, -0.2) is 85.4 Å². The van der Waals surface area contributed by atoms with Gasteiger partial charge in [0.25, 0.3) is 5.91 Å². The molecule has 0 saturated carbocycles. The van der Waals surface area contributed by atoms with E-state index in [9.17, 15) is 9.59 Å². The average Bonchev–Trinajstić information content (AvgIpc) is 2.85. The molecule has 0 radical (unpaired) electrons. The number of carboxylic acids is 1. The lowest BCUT2D eigenvalue weighted by Gasteiger charge is -2.24. The van der Waals surface area contributed by atoms with Crippen LogP contribution in [0.2, 0.25) is 0 Å². The summed E-state index contributed by atoms with van der Waals surface area (Å²) in [5.41, 5.74) is 0. The van der Waals surface area contributed by atoms with Crippen LogP contribution in [0.5, 0.6) is 0 Å². The molecule has 2 aliphatic rings. The summed E-state index contributed by atoms with van der Waals surface area (Å²) in [5.74, 6) is -1.04. The van der Waals surface area contributed by atoms with E-state index in [4.69, 9.17) is 14.6 Å². The van der Waals surface area contributed by atoms with Gasteiger partial charge in [0, 0.05) is 33.3 Å². The Morgan fingerprint density at radius 2 is 1.95 bits per heavy atom. The van der Waals surface area contributed by atoms with Crippen LogP contribution in [0.4, 0.5) is 0 Å². The van der Waals surface area contributed by atoms with Crippen molar-refractivity contribution in [1.29, 1.82) is 0 Å². The number of ether oxygens (including phenoxy) is 2. The van der Waals surface area contributed by atoms with Crippen LogP contribution >= 0.6 is 0 Å². The van der Waals surface area contributed by atoms with Crippen LogP contribution < -0.4 is 0 Å². The normalized spacial score (nSPS) is 27.6. The minimum Gasteiger partial charge on any atom is -0.479 e. The van der Waals surface area contributed by atoms with Crippen LogP contribution in [0.3, 0.4) is 0 Å². The van der Waals surface area contributed by atoms with Gasteiger partial charge in [-0.25, -0.2) is 4.79 Å². The molecule has 7 heteroatoms.